The van der Waals surface area contributed by atoms with Crippen LogP contribution in [-0.2, 0) is 11.3 Å². The molecule has 0 unspecified atom stereocenters. The second-order valence-electron chi connectivity index (χ2n) is 8.66. The van der Waals surface area contributed by atoms with Crippen molar-refractivity contribution in [3.8, 4) is 0 Å². The number of benzene rings is 2. The Balaban J connectivity index is 1.75. The Morgan fingerprint density at radius 3 is 2.39 bits per heavy atom. The molecule has 0 aliphatic heterocycles. The van der Waals surface area contributed by atoms with Gasteiger partial charge in [0.2, 0.25) is 5.91 Å². The summed E-state index contributed by atoms with van der Waals surface area (Å²) >= 11 is 19.5. The molecule has 0 bridgehead atoms. The number of hydrogen-bond acceptors (Lipinski definition) is 5. The lowest BCUT2D eigenvalue weighted by molar-refractivity contribution is -0.113. The zero-order valence-electron chi connectivity index (χ0n) is 20.4. The first-order valence-electron chi connectivity index (χ1n) is 11.5. The summed E-state index contributed by atoms with van der Waals surface area (Å²) < 4.78 is 1.92. The van der Waals surface area contributed by atoms with E-state index in [2.05, 4.69) is 34.7 Å². The molecule has 0 aliphatic carbocycles. The quantitative estimate of drug-likeness (QED) is 0.262. The van der Waals surface area contributed by atoms with Gasteiger partial charge in [-0.05, 0) is 68.1 Å². The van der Waals surface area contributed by atoms with E-state index in [9.17, 15) is 9.59 Å². The average Bonchev–Trinajstić information content (AvgIpc) is 3.21. The number of carbonyl (C=O) groups is 2. The van der Waals surface area contributed by atoms with Crippen molar-refractivity contribution in [2.75, 3.05) is 11.1 Å². The van der Waals surface area contributed by atoms with E-state index in [0.29, 0.717) is 45.2 Å². The molecule has 0 saturated carbocycles. The van der Waals surface area contributed by atoms with Gasteiger partial charge in [-0.3, -0.25) is 9.59 Å². The Morgan fingerprint density at radius 2 is 1.75 bits per heavy atom. The Kier molecular flexibility index (Phi) is 10.1. The molecule has 0 spiro atoms. The van der Waals surface area contributed by atoms with E-state index in [-0.39, 0.29) is 28.5 Å². The van der Waals surface area contributed by atoms with Crippen molar-refractivity contribution in [2.45, 2.75) is 51.9 Å². The molecular formula is C25H28Cl3N5O2S. The van der Waals surface area contributed by atoms with Crippen molar-refractivity contribution in [1.29, 1.82) is 0 Å². The molecule has 36 heavy (non-hydrogen) atoms. The topological polar surface area (TPSA) is 88.9 Å². The van der Waals surface area contributed by atoms with Crippen molar-refractivity contribution < 1.29 is 9.59 Å². The van der Waals surface area contributed by atoms with Gasteiger partial charge in [0.15, 0.2) is 11.0 Å². The number of hydrogen-bond donors (Lipinski definition) is 2. The maximum Gasteiger partial charge on any atom is 0.253 e. The third-order valence-electron chi connectivity index (χ3n) is 5.36. The fraction of sp³-hybridized carbons (Fsp3) is 0.360. The van der Waals surface area contributed by atoms with Crippen LogP contribution in [0.1, 0.15) is 55.0 Å². The number of aromatic nitrogens is 3. The minimum Gasteiger partial charge on any atom is -0.342 e. The van der Waals surface area contributed by atoms with Gasteiger partial charge in [0, 0.05) is 22.3 Å². The van der Waals surface area contributed by atoms with Gasteiger partial charge in [-0.2, -0.15) is 0 Å². The second-order valence-corrected chi connectivity index (χ2v) is 10.9. The Labute approximate surface area is 230 Å². The number of carbonyl (C=O) groups excluding carboxylic acids is 2. The minimum absolute atomic E-state index is 0.155. The first-order valence-corrected chi connectivity index (χ1v) is 13.6. The normalized spacial score (nSPS) is 12.0. The first-order chi connectivity index (χ1) is 17.1. The number of halogens is 3. The van der Waals surface area contributed by atoms with Gasteiger partial charge in [-0.15, -0.1) is 10.2 Å². The number of anilines is 1. The summed E-state index contributed by atoms with van der Waals surface area (Å²) in [7, 11) is 0. The maximum absolute atomic E-state index is 13.0. The predicted molar refractivity (Wildman–Crippen MR) is 147 cm³/mol. The molecular weight excluding hydrogens is 541 g/mol. The van der Waals surface area contributed by atoms with Crippen LogP contribution in [0.2, 0.25) is 15.1 Å². The highest BCUT2D eigenvalue weighted by molar-refractivity contribution is 7.99. The van der Waals surface area contributed by atoms with Crippen molar-refractivity contribution in [3.63, 3.8) is 0 Å². The molecule has 2 N–H and O–H groups in total. The summed E-state index contributed by atoms with van der Waals surface area (Å²) in [6.45, 7) is 8.57. The number of rotatable bonds is 10. The van der Waals surface area contributed by atoms with Gasteiger partial charge >= 0.3 is 0 Å². The van der Waals surface area contributed by atoms with Crippen LogP contribution in [0.4, 0.5) is 5.69 Å². The van der Waals surface area contributed by atoms with Crippen LogP contribution in [-0.4, -0.2) is 32.3 Å². The van der Waals surface area contributed by atoms with Crippen LogP contribution < -0.4 is 10.6 Å². The van der Waals surface area contributed by atoms with Crippen LogP contribution in [0, 0.1) is 12.8 Å². The van der Waals surface area contributed by atoms with Crippen LogP contribution >= 0.6 is 46.6 Å². The summed E-state index contributed by atoms with van der Waals surface area (Å²) in [5.41, 5.74) is 1.93. The highest BCUT2D eigenvalue weighted by Gasteiger charge is 2.25. The van der Waals surface area contributed by atoms with E-state index in [1.807, 2.05) is 18.4 Å². The molecule has 3 rings (SSSR count). The van der Waals surface area contributed by atoms with Crippen LogP contribution in [0.25, 0.3) is 0 Å². The zero-order valence-corrected chi connectivity index (χ0v) is 23.5. The highest BCUT2D eigenvalue weighted by atomic mass is 35.5. The van der Waals surface area contributed by atoms with E-state index >= 15 is 0 Å². The molecule has 0 radical (unpaired) electrons. The third kappa shape index (κ3) is 7.38. The maximum atomic E-state index is 13.0. The lowest BCUT2D eigenvalue weighted by atomic mass is 10.0. The van der Waals surface area contributed by atoms with Gasteiger partial charge in [0.05, 0.1) is 22.4 Å². The van der Waals surface area contributed by atoms with Gasteiger partial charge < -0.3 is 15.2 Å². The molecule has 11 heteroatoms. The number of amides is 2. The van der Waals surface area contributed by atoms with E-state index < -0.39 is 6.04 Å². The second kappa shape index (κ2) is 12.8. The molecule has 0 aliphatic rings. The van der Waals surface area contributed by atoms with Crippen LogP contribution in [0.5, 0.6) is 0 Å². The predicted octanol–water partition coefficient (Wildman–Crippen LogP) is 6.81. The minimum atomic E-state index is -0.392. The van der Waals surface area contributed by atoms with E-state index in [1.165, 1.54) is 17.8 Å². The zero-order chi connectivity index (χ0) is 26.4. The van der Waals surface area contributed by atoms with Gasteiger partial charge in [-0.25, -0.2) is 0 Å². The molecule has 0 saturated heterocycles. The van der Waals surface area contributed by atoms with Crippen LogP contribution in [0.3, 0.4) is 0 Å². The Bertz CT molecular complexity index is 1250. The van der Waals surface area contributed by atoms with Gasteiger partial charge in [0.1, 0.15) is 0 Å². The van der Waals surface area contributed by atoms with Crippen molar-refractivity contribution >= 4 is 64.1 Å². The first kappa shape index (κ1) is 28.3. The van der Waals surface area contributed by atoms with Crippen molar-refractivity contribution in [3.05, 3.63) is 68.4 Å². The molecule has 2 aromatic carbocycles. The molecule has 192 valence electrons. The fourth-order valence-electron chi connectivity index (χ4n) is 3.66. The van der Waals surface area contributed by atoms with E-state index in [0.717, 1.165) is 5.56 Å². The molecule has 2 amide bonds. The summed E-state index contributed by atoms with van der Waals surface area (Å²) in [4.78, 5) is 25.6. The summed E-state index contributed by atoms with van der Waals surface area (Å²) in [5.74, 6) is 0.576. The lowest BCUT2D eigenvalue weighted by Crippen LogP contribution is -2.32. The van der Waals surface area contributed by atoms with E-state index in [4.69, 9.17) is 34.8 Å². The number of nitrogens with zero attached hydrogens (tertiary/aromatic N) is 3. The molecule has 1 heterocycles. The highest BCUT2D eigenvalue weighted by Crippen LogP contribution is 2.27. The molecule has 1 atom stereocenters. The van der Waals surface area contributed by atoms with Gasteiger partial charge in [0.25, 0.3) is 5.91 Å². The Hall–Kier alpha value is -2.26. The molecule has 1 aromatic heterocycles. The molecule has 0 fully saturated rings. The molecule has 7 nitrogen and oxygen atoms in total. The summed E-state index contributed by atoms with van der Waals surface area (Å²) in [6.07, 6.45) is 0.649. The number of aryl methyl sites for hydroxylation is 1. The molecule has 3 aromatic rings. The SMILES string of the molecule is CCn1c(SCC(=O)Nc2ccc(Cl)cc2C)nnc1[C@@H](CC(C)C)NC(=O)c1ccc(Cl)cc1Cl. The lowest BCUT2D eigenvalue weighted by Gasteiger charge is -2.21. The smallest absolute Gasteiger partial charge is 0.253 e. The fourth-order valence-corrected chi connectivity index (χ4v) is 5.19. The van der Waals surface area contributed by atoms with Crippen molar-refractivity contribution in [2.24, 2.45) is 5.92 Å². The van der Waals surface area contributed by atoms with Crippen molar-refractivity contribution in [1.82, 2.24) is 20.1 Å². The summed E-state index contributed by atoms with van der Waals surface area (Å²) in [5, 5.41) is 16.6. The number of thioether (sulfide) groups is 1. The Morgan fingerprint density at radius 1 is 1.06 bits per heavy atom. The largest absolute Gasteiger partial charge is 0.342 e. The summed E-state index contributed by atoms with van der Waals surface area (Å²) in [6, 6.07) is 9.67. The average molecular weight is 569 g/mol. The third-order valence-corrected chi connectivity index (χ3v) is 7.11. The van der Waals surface area contributed by atoms with E-state index in [1.54, 1.807) is 30.3 Å². The standard InChI is InChI=1S/C25H28Cl3N5O2S/c1-5-33-23(21(10-14(2)3)30-24(35)18-8-6-17(27)12-19(18)28)31-32-25(33)36-13-22(34)29-20-9-7-16(26)11-15(20)4/h6-9,11-12,14,21H,5,10,13H2,1-4H3,(H,29,34)(H,30,35)/t21-/m1/s1. The number of nitrogens with one attached hydrogen (secondary N) is 2. The van der Waals surface area contributed by atoms with Crippen LogP contribution in [0.15, 0.2) is 41.6 Å². The monoisotopic (exact) mass is 567 g/mol. The van der Waals surface area contributed by atoms with Gasteiger partial charge in [-0.1, -0.05) is 60.4 Å².